The summed E-state index contributed by atoms with van der Waals surface area (Å²) in [7, 11) is 0. The van der Waals surface area contributed by atoms with Crippen molar-refractivity contribution in [2.24, 2.45) is 5.92 Å². The van der Waals surface area contributed by atoms with Crippen LogP contribution in [0.25, 0.3) is 0 Å². The largest absolute Gasteiger partial charge is 0.389 e. The fourth-order valence-electron chi connectivity index (χ4n) is 2.17. The van der Waals surface area contributed by atoms with Gasteiger partial charge in [0.2, 0.25) is 0 Å². The van der Waals surface area contributed by atoms with Crippen molar-refractivity contribution in [2.75, 3.05) is 31.3 Å². The Labute approximate surface area is 136 Å². The maximum Gasteiger partial charge on any atom is 0.0897 e. The maximum absolute atomic E-state index is 9.94. The van der Waals surface area contributed by atoms with E-state index in [4.69, 9.17) is 4.74 Å². The van der Waals surface area contributed by atoms with Crippen LogP contribution >= 0.6 is 11.8 Å². The maximum atomic E-state index is 9.94. The number of unbranched alkanes of at least 4 members (excludes halogenated alkanes) is 1. The normalized spacial score (nSPS) is 15.9. The molecule has 0 spiro atoms. The molecule has 0 aliphatic carbocycles. The third-order valence-electron chi connectivity index (χ3n) is 3.81. The van der Waals surface area contributed by atoms with Crippen molar-refractivity contribution in [2.45, 2.75) is 71.9 Å². The van der Waals surface area contributed by atoms with Gasteiger partial charge in [-0.2, -0.15) is 11.8 Å². The molecule has 128 valence electrons. The predicted octanol–water partition coefficient (Wildman–Crippen LogP) is 3.70. The Hall–Kier alpha value is 0.230. The van der Waals surface area contributed by atoms with Crippen LogP contribution in [0, 0.1) is 5.92 Å². The molecule has 0 aromatic heterocycles. The first-order valence-electron chi connectivity index (χ1n) is 8.70. The monoisotopic (exact) mass is 319 g/mol. The zero-order valence-electron chi connectivity index (χ0n) is 14.6. The summed E-state index contributed by atoms with van der Waals surface area (Å²) in [6.07, 6.45) is 5.70. The van der Waals surface area contributed by atoms with E-state index >= 15 is 0 Å². The lowest BCUT2D eigenvalue weighted by Gasteiger charge is -2.19. The molecule has 0 saturated carbocycles. The number of aliphatic hydroxyl groups excluding tert-OH is 1. The average molecular weight is 320 g/mol. The van der Waals surface area contributed by atoms with Gasteiger partial charge in [-0.15, -0.1) is 0 Å². The van der Waals surface area contributed by atoms with Crippen molar-refractivity contribution in [3.8, 4) is 0 Å². The van der Waals surface area contributed by atoms with Gasteiger partial charge >= 0.3 is 0 Å². The van der Waals surface area contributed by atoms with Crippen molar-refractivity contribution >= 4 is 11.8 Å². The molecular weight excluding hydrogens is 282 g/mol. The summed E-state index contributed by atoms with van der Waals surface area (Å²) in [5.41, 5.74) is 0. The highest BCUT2D eigenvalue weighted by Gasteiger charge is 2.10. The average Bonchev–Trinajstić information content (AvgIpc) is 2.49. The van der Waals surface area contributed by atoms with Gasteiger partial charge in [-0.25, -0.2) is 0 Å². The molecule has 0 rings (SSSR count). The van der Waals surface area contributed by atoms with E-state index in [1.54, 1.807) is 0 Å². The topological polar surface area (TPSA) is 41.5 Å². The van der Waals surface area contributed by atoms with Crippen LogP contribution in [0.5, 0.6) is 0 Å². The highest BCUT2D eigenvalue weighted by Crippen LogP contribution is 2.12. The first-order valence-corrected chi connectivity index (χ1v) is 9.86. The van der Waals surface area contributed by atoms with Crippen LogP contribution in [0.15, 0.2) is 0 Å². The number of hydrogen-bond acceptors (Lipinski definition) is 4. The Balaban J connectivity index is 3.58. The zero-order chi connectivity index (χ0) is 15.9. The highest BCUT2D eigenvalue weighted by molar-refractivity contribution is 7.99. The fraction of sp³-hybridized carbons (Fsp3) is 1.00. The zero-order valence-corrected chi connectivity index (χ0v) is 15.4. The first kappa shape index (κ1) is 21.2. The molecule has 0 radical (unpaired) electrons. The van der Waals surface area contributed by atoms with Crippen LogP contribution in [0.2, 0.25) is 0 Å². The molecule has 0 heterocycles. The summed E-state index contributed by atoms with van der Waals surface area (Å²) in [6, 6.07) is 0.464. The molecule has 4 heteroatoms. The fourth-order valence-corrected chi connectivity index (χ4v) is 2.98. The molecule has 0 saturated heterocycles. The molecule has 0 aliphatic rings. The van der Waals surface area contributed by atoms with Crippen molar-refractivity contribution in [1.29, 1.82) is 0 Å². The van der Waals surface area contributed by atoms with Crippen LogP contribution in [-0.2, 0) is 4.74 Å². The van der Waals surface area contributed by atoms with Crippen LogP contribution in [0.1, 0.15) is 59.8 Å². The van der Waals surface area contributed by atoms with Crippen LogP contribution < -0.4 is 5.32 Å². The lowest BCUT2D eigenvalue weighted by molar-refractivity contribution is 0.0185. The molecule has 3 nitrogen and oxygen atoms in total. The predicted molar refractivity (Wildman–Crippen MR) is 95.2 cm³/mol. The lowest BCUT2D eigenvalue weighted by atomic mass is 10.0. The van der Waals surface area contributed by atoms with Crippen LogP contribution in [-0.4, -0.2) is 48.5 Å². The number of rotatable bonds is 15. The second-order valence-electron chi connectivity index (χ2n) is 5.90. The molecular formula is C17H37NO2S. The summed E-state index contributed by atoms with van der Waals surface area (Å²) in [5, 5.41) is 13.3. The number of hydrogen-bond donors (Lipinski definition) is 2. The van der Waals surface area contributed by atoms with Gasteiger partial charge in [0.25, 0.3) is 0 Å². The molecule has 0 aliphatic heterocycles. The minimum atomic E-state index is -0.394. The Morgan fingerprint density at radius 2 is 1.90 bits per heavy atom. The molecule has 0 aromatic carbocycles. The van der Waals surface area contributed by atoms with Crippen LogP contribution in [0.3, 0.4) is 0 Å². The second-order valence-corrected chi connectivity index (χ2v) is 7.30. The van der Waals surface area contributed by atoms with Crippen molar-refractivity contribution < 1.29 is 9.84 Å². The van der Waals surface area contributed by atoms with Gasteiger partial charge < -0.3 is 15.2 Å². The van der Waals surface area contributed by atoms with Crippen molar-refractivity contribution in [3.05, 3.63) is 0 Å². The van der Waals surface area contributed by atoms with E-state index < -0.39 is 6.10 Å². The van der Waals surface area contributed by atoms with Gasteiger partial charge in [0.15, 0.2) is 0 Å². The van der Waals surface area contributed by atoms with Gasteiger partial charge in [-0.05, 0) is 37.2 Å². The summed E-state index contributed by atoms with van der Waals surface area (Å²) in [6.45, 7) is 10.7. The van der Waals surface area contributed by atoms with Gasteiger partial charge in [-0.3, -0.25) is 0 Å². The minimum Gasteiger partial charge on any atom is -0.389 e. The van der Waals surface area contributed by atoms with E-state index in [1.165, 1.54) is 37.2 Å². The van der Waals surface area contributed by atoms with Crippen LogP contribution in [0.4, 0.5) is 0 Å². The van der Waals surface area contributed by atoms with Gasteiger partial charge in [0, 0.05) is 19.2 Å². The molecule has 0 fully saturated rings. The van der Waals surface area contributed by atoms with Crippen molar-refractivity contribution in [3.63, 3.8) is 0 Å². The second kappa shape index (κ2) is 15.1. The Bertz CT molecular complexity index is 217. The van der Waals surface area contributed by atoms with E-state index in [0.29, 0.717) is 25.1 Å². The van der Waals surface area contributed by atoms with E-state index in [1.807, 2.05) is 11.8 Å². The van der Waals surface area contributed by atoms with Gasteiger partial charge in [0.05, 0.1) is 12.7 Å². The van der Waals surface area contributed by atoms with E-state index in [2.05, 4.69) is 33.0 Å². The highest BCUT2D eigenvalue weighted by atomic mass is 32.2. The molecule has 3 atom stereocenters. The number of ether oxygens (including phenoxy) is 1. The van der Waals surface area contributed by atoms with E-state index in [-0.39, 0.29) is 0 Å². The molecule has 3 unspecified atom stereocenters. The van der Waals surface area contributed by atoms with Gasteiger partial charge in [-0.1, -0.05) is 40.0 Å². The molecule has 0 aromatic rings. The summed E-state index contributed by atoms with van der Waals surface area (Å²) < 4.78 is 5.68. The molecule has 0 amide bonds. The Morgan fingerprint density at radius 1 is 1.14 bits per heavy atom. The smallest absolute Gasteiger partial charge is 0.0897 e. The SMILES string of the molecule is CCCCC(CC)COCC(O)CNC(C)CCSCC. The first-order chi connectivity index (χ1) is 10.1. The van der Waals surface area contributed by atoms with Gasteiger partial charge in [0.1, 0.15) is 0 Å². The number of aliphatic hydroxyl groups is 1. The summed E-state index contributed by atoms with van der Waals surface area (Å²) >= 11 is 1.97. The Morgan fingerprint density at radius 3 is 2.52 bits per heavy atom. The third kappa shape index (κ3) is 13.6. The number of thioether (sulfide) groups is 1. The Kier molecular flexibility index (Phi) is 15.3. The minimum absolute atomic E-state index is 0.394. The third-order valence-corrected chi connectivity index (χ3v) is 4.74. The summed E-state index contributed by atoms with van der Waals surface area (Å²) in [4.78, 5) is 0. The van der Waals surface area contributed by atoms with Crippen molar-refractivity contribution in [1.82, 2.24) is 5.32 Å². The standard InChI is InChI=1S/C17H37NO2S/c1-5-8-9-16(6-2)13-20-14-17(19)12-18-15(4)10-11-21-7-3/h15-19H,5-14H2,1-4H3. The van der Waals surface area contributed by atoms with E-state index in [9.17, 15) is 5.11 Å². The number of nitrogens with one attached hydrogen (secondary N) is 1. The molecule has 21 heavy (non-hydrogen) atoms. The quantitative estimate of drug-likeness (QED) is 0.452. The molecule has 0 bridgehead atoms. The lowest BCUT2D eigenvalue weighted by Crippen LogP contribution is -2.36. The van der Waals surface area contributed by atoms with E-state index in [0.717, 1.165) is 13.0 Å². The summed E-state index contributed by atoms with van der Waals surface area (Å²) in [5.74, 6) is 3.02. The molecule has 2 N–H and O–H groups in total.